The second-order valence-corrected chi connectivity index (χ2v) is 8.96. The molecule has 2 aromatic carbocycles. The molecule has 0 saturated heterocycles. The van der Waals surface area contributed by atoms with Crippen LogP contribution in [0, 0.1) is 22.0 Å². The lowest BCUT2D eigenvalue weighted by atomic mass is 9.57. The van der Waals surface area contributed by atoms with Gasteiger partial charge in [0.15, 0.2) is 5.78 Å². The third-order valence-corrected chi connectivity index (χ3v) is 7.65. The van der Waals surface area contributed by atoms with Crippen molar-refractivity contribution >= 4 is 5.78 Å². The molecule has 2 fully saturated rings. The molecule has 4 rings (SSSR count). The number of hydrogen-bond donors (Lipinski definition) is 3. The van der Waals surface area contributed by atoms with E-state index in [4.69, 9.17) is 16.6 Å². The van der Waals surface area contributed by atoms with Crippen LogP contribution in [0.2, 0.25) is 0 Å². The zero-order chi connectivity index (χ0) is 22.0. The Labute approximate surface area is 182 Å². The van der Waals surface area contributed by atoms with Crippen LogP contribution in [-0.4, -0.2) is 17.4 Å². The third kappa shape index (κ3) is 3.32. The monoisotopic (exact) mass is 416 g/mol. The Morgan fingerprint density at radius 3 is 2.00 bits per heavy atom. The fourth-order valence-electron chi connectivity index (χ4n) is 5.76. The van der Waals surface area contributed by atoms with Crippen LogP contribution < -0.4 is 0 Å². The molecule has 0 bridgehead atoms. The lowest BCUT2D eigenvalue weighted by Crippen LogP contribution is -2.50. The number of aryl methyl sites for hydroxylation is 1. The van der Waals surface area contributed by atoms with Gasteiger partial charge in [-0.2, -0.15) is 15.3 Å². The van der Waals surface area contributed by atoms with Crippen molar-refractivity contribution in [3.05, 3.63) is 71.8 Å². The highest BCUT2D eigenvalue weighted by atomic mass is 16.1. The number of rotatable bonds is 7. The summed E-state index contributed by atoms with van der Waals surface area (Å²) in [5.41, 5.74) is 23.3. The molecule has 2 aromatic rings. The van der Waals surface area contributed by atoms with Gasteiger partial charge in [0.25, 0.3) is 0 Å². The highest BCUT2D eigenvalue weighted by Crippen LogP contribution is 2.62. The zero-order valence-corrected chi connectivity index (χ0v) is 17.6. The molecule has 0 amide bonds. The SMILES string of the molecule is N=NC1CC(N=N)(c2ccccc2)C2(CCC(CCc3ccccc3)(N=N)CC2)C1=O. The fourth-order valence-corrected chi connectivity index (χ4v) is 5.76. The van der Waals surface area contributed by atoms with Crippen LogP contribution in [0.15, 0.2) is 76.0 Å². The molecule has 2 aliphatic carbocycles. The molecule has 0 aliphatic heterocycles. The summed E-state index contributed by atoms with van der Waals surface area (Å²) in [4.78, 5) is 13.5. The van der Waals surface area contributed by atoms with E-state index in [0.29, 0.717) is 25.7 Å². The standard InChI is InChI=1S/C24H28N6O/c25-28-20-17-24(30-27,19-9-5-2-6-10-19)23(21(20)31)15-13-22(29-26,14-16-23)12-11-18-7-3-1-4-8-18/h1-10,20,25-27H,11-17H2. The third-order valence-electron chi connectivity index (χ3n) is 7.65. The van der Waals surface area contributed by atoms with Gasteiger partial charge in [-0.05, 0) is 49.7 Å². The molecule has 2 unspecified atom stereocenters. The molecular formula is C24H28N6O. The molecule has 0 aromatic heterocycles. The maximum atomic E-state index is 13.5. The predicted octanol–water partition coefficient (Wildman–Crippen LogP) is 6.25. The number of Topliss-reactive ketones (excluding diaryl/α,β-unsaturated/α-hetero) is 1. The predicted molar refractivity (Wildman–Crippen MR) is 115 cm³/mol. The number of carbonyl (C=O) groups excluding carboxylic acids is 1. The van der Waals surface area contributed by atoms with Gasteiger partial charge < -0.3 is 0 Å². The fraction of sp³-hybridized carbons (Fsp3) is 0.458. The normalized spacial score (nSPS) is 32.6. The number of nitrogens with one attached hydrogen (secondary N) is 3. The van der Waals surface area contributed by atoms with Crippen LogP contribution in [-0.2, 0) is 16.8 Å². The smallest absolute Gasteiger partial charge is 0.168 e. The quantitative estimate of drug-likeness (QED) is 0.453. The Morgan fingerprint density at radius 2 is 1.45 bits per heavy atom. The first kappa shape index (κ1) is 21.2. The molecule has 0 radical (unpaired) electrons. The Morgan fingerprint density at radius 1 is 0.839 bits per heavy atom. The number of ketones is 1. The maximum absolute atomic E-state index is 13.5. The van der Waals surface area contributed by atoms with Crippen LogP contribution >= 0.6 is 0 Å². The Bertz CT molecular complexity index is 968. The largest absolute Gasteiger partial charge is 0.296 e. The van der Waals surface area contributed by atoms with Crippen LogP contribution in [0.3, 0.4) is 0 Å². The van der Waals surface area contributed by atoms with E-state index in [1.165, 1.54) is 5.56 Å². The van der Waals surface area contributed by atoms with Crippen LogP contribution in [0.25, 0.3) is 0 Å². The van der Waals surface area contributed by atoms with Crippen LogP contribution in [0.1, 0.15) is 49.7 Å². The van der Waals surface area contributed by atoms with Crippen molar-refractivity contribution in [3.63, 3.8) is 0 Å². The molecule has 2 atom stereocenters. The molecular weight excluding hydrogens is 388 g/mol. The van der Waals surface area contributed by atoms with E-state index in [2.05, 4.69) is 27.5 Å². The number of carbonyl (C=O) groups is 1. The minimum atomic E-state index is -1.01. The van der Waals surface area contributed by atoms with Gasteiger partial charge in [0.2, 0.25) is 0 Å². The molecule has 160 valence electrons. The number of hydrogen-bond acceptors (Lipinski definition) is 7. The molecule has 1 spiro atoms. The highest BCUT2D eigenvalue weighted by molar-refractivity contribution is 5.94. The van der Waals surface area contributed by atoms with Crippen molar-refractivity contribution in [1.29, 1.82) is 16.6 Å². The van der Waals surface area contributed by atoms with Crippen molar-refractivity contribution in [3.8, 4) is 0 Å². The lowest BCUT2D eigenvalue weighted by Gasteiger charge is -2.48. The Hall–Kier alpha value is -3.09. The second kappa shape index (κ2) is 8.21. The summed E-state index contributed by atoms with van der Waals surface area (Å²) in [6.45, 7) is 0. The lowest BCUT2D eigenvalue weighted by molar-refractivity contribution is -0.132. The molecule has 7 heteroatoms. The first-order chi connectivity index (χ1) is 15.0. The number of nitrogens with zero attached hydrogens (tertiary/aromatic N) is 3. The van der Waals surface area contributed by atoms with Gasteiger partial charge in [-0.15, -0.1) is 0 Å². The van der Waals surface area contributed by atoms with Gasteiger partial charge in [-0.3, -0.25) is 4.79 Å². The molecule has 2 aliphatic rings. The average Bonchev–Trinajstić information content (AvgIpc) is 3.08. The van der Waals surface area contributed by atoms with E-state index in [1.54, 1.807) is 0 Å². The molecule has 7 nitrogen and oxygen atoms in total. The molecule has 2 saturated carbocycles. The highest BCUT2D eigenvalue weighted by Gasteiger charge is 2.67. The summed E-state index contributed by atoms with van der Waals surface area (Å²) in [5.74, 6) is -0.0796. The molecule has 0 heterocycles. The van der Waals surface area contributed by atoms with Gasteiger partial charge >= 0.3 is 0 Å². The van der Waals surface area contributed by atoms with Crippen molar-refractivity contribution in [1.82, 2.24) is 0 Å². The summed E-state index contributed by atoms with van der Waals surface area (Å²) in [7, 11) is 0. The van der Waals surface area contributed by atoms with E-state index in [0.717, 1.165) is 18.4 Å². The second-order valence-electron chi connectivity index (χ2n) is 8.96. The zero-order valence-electron chi connectivity index (χ0n) is 17.6. The van der Waals surface area contributed by atoms with Crippen LogP contribution in [0.5, 0.6) is 0 Å². The summed E-state index contributed by atoms with van der Waals surface area (Å²) < 4.78 is 0. The summed E-state index contributed by atoms with van der Waals surface area (Å²) >= 11 is 0. The van der Waals surface area contributed by atoms with E-state index in [9.17, 15) is 4.79 Å². The number of benzene rings is 2. The van der Waals surface area contributed by atoms with E-state index >= 15 is 0 Å². The first-order valence-electron chi connectivity index (χ1n) is 10.8. The van der Waals surface area contributed by atoms with Crippen molar-refractivity contribution < 1.29 is 4.79 Å². The van der Waals surface area contributed by atoms with Gasteiger partial charge in [0.1, 0.15) is 11.6 Å². The summed E-state index contributed by atoms with van der Waals surface area (Å²) in [6.07, 6.45) is 4.07. The Kier molecular flexibility index (Phi) is 5.60. The summed E-state index contributed by atoms with van der Waals surface area (Å²) in [5, 5.41) is 11.8. The van der Waals surface area contributed by atoms with Crippen LogP contribution in [0.4, 0.5) is 0 Å². The van der Waals surface area contributed by atoms with Gasteiger partial charge in [-0.25, -0.2) is 16.6 Å². The van der Waals surface area contributed by atoms with E-state index in [1.807, 2.05) is 48.5 Å². The minimum Gasteiger partial charge on any atom is -0.296 e. The van der Waals surface area contributed by atoms with E-state index < -0.39 is 22.5 Å². The maximum Gasteiger partial charge on any atom is 0.168 e. The minimum absolute atomic E-state index is 0.0796. The van der Waals surface area contributed by atoms with Gasteiger partial charge in [-0.1, -0.05) is 60.7 Å². The molecule has 3 N–H and O–H groups in total. The summed E-state index contributed by atoms with van der Waals surface area (Å²) in [6, 6.07) is 19.0. The first-order valence-corrected chi connectivity index (χ1v) is 10.8. The average molecular weight is 417 g/mol. The topological polar surface area (TPSA) is 126 Å². The van der Waals surface area contributed by atoms with Gasteiger partial charge in [0, 0.05) is 6.42 Å². The Balaban J connectivity index is 1.64. The van der Waals surface area contributed by atoms with E-state index in [-0.39, 0.29) is 12.2 Å². The van der Waals surface area contributed by atoms with Crippen molar-refractivity contribution in [2.75, 3.05) is 0 Å². The van der Waals surface area contributed by atoms with Crippen molar-refractivity contribution in [2.24, 2.45) is 20.8 Å². The van der Waals surface area contributed by atoms with Crippen molar-refractivity contribution in [2.45, 2.75) is 62.1 Å². The molecule has 31 heavy (non-hydrogen) atoms. The van der Waals surface area contributed by atoms with Gasteiger partial charge in [0.05, 0.1) is 11.0 Å².